The summed E-state index contributed by atoms with van der Waals surface area (Å²) in [5.74, 6) is -0.476. The van der Waals surface area contributed by atoms with Crippen LogP contribution in [0.15, 0.2) is 67.0 Å². The molecule has 2 aromatic heterocycles. The zero-order chi connectivity index (χ0) is 26.9. The van der Waals surface area contributed by atoms with Gasteiger partial charge in [-0.1, -0.05) is 54.6 Å². The molecule has 1 aliphatic carbocycles. The number of esters is 1. The molecule has 1 aliphatic rings. The Kier molecular flexibility index (Phi) is 7.13. The summed E-state index contributed by atoms with van der Waals surface area (Å²) < 4.78 is 12.0. The predicted molar refractivity (Wildman–Crippen MR) is 153 cm³/mol. The number of nitrogens with zero attached hydrogens (tertiary/aromatic N) is 3. The molecule has 0 bridgehead atoms. The molecule has 0 radical (unpaired) electrons. The van der Waals surface area contributed by atoms with Crippen LogP contribution in [0.25, 0.3) is 28.2 Å². The molecule has 4 aromatic rings. The topological polar surface area (TPSA) is 94.8 Å². The minimum atomic E-state index is -0.588. The Bertz CT molecular complexity index is 1470. The van der Waals surface area contributed by atoms with Crippen molar-refractivity contribution in [2.24, 2.45) is 0 Å². The maximum atomic E-state index is 12.6. The summed E-state index contributed by atoms with van der Waals surface area (Å²) >= 11 is 2.10. The standard InChI is InChI=1S/C29H29IN4O4/c1-4-37-26(35)22-18-34-23(17-31-22)32-24(25(34)20-9-6-5-7-10-20)19-11-13-21(14-12-19)29(15-8-16-29)33-27(36)38-28(2,3)30/h5-7,9-14,17-18H,4,8,15-16H2,1-3H3,(H,33,36). The number of nitrogens with one attached hydrogen (secondary N) is 1. The number of amides is 1. The van der Waals surface area contributed by atoms with Crippen molar-refractivity contribution in [2.45, 2.75) is 49.2 Å². The predicted octanol–water partition coefficient (Wildman–Crippen LogP) is 6.52. The van der Waals surface area contributed by atoms with E-state index in [0.29, 0.717) is 5.65 Å². The van der Waals surface area contributed by atoms with Gasteiger partial charge in [0.05, 0.1) is 29.7 Å². The first-order valence-corrected chi connectivity index (χ1v) is 13.7. The first-order valence-electron chi connectivity index (χ1n) is 12.6. The number of carbonyl (C=O) groups excluding carboxylic acids is 2. The van der Waals surface area contributed by atoms with Gasteiger partial charge < -0.3 is 14.8 Å². The molecule has 1 amide bonds. The highest BCUT2D eigenvalue weighted by Crippen LogP contribution is 2.42. The molecule has 1 fully saturated rings. The van der Waals surface area contributed by atoms with Gasteiger partial charge in [0.25, 0.3) is 0 Å². The number of alkyl halides is 1. The molecule has 5 rings (SSSR count). The Balaban J connectivity index is 1.53. The Labute approximate surface area is 234 Å². The third-order valence-corrected chi connectivity index (χ3v) is 6.86. The molecule has 38 heavy (non-hydrogen) atoms. The van der Waals surface area contributed by atoms with Gasteiger partial charge in [0.1, 0.15) is 0 Å². The van der Waals surface area contributed by atoms with Crippen LogP contribution in [0, 0.1) is 0 Å². The normalized spacial score (nSPS) is 14.5. The molecular formula is C29H29IN4O4. The maximum Gasteiger partial charge on any atom is 0.409 e. The molecular weight excluding hydrogens is 595 g/mol. The van der Waals surface area contributed by atoms with Crippen LogP contribution < -0.4 is 5.32 Å². The number of ether oxygens (including phenoxy) is 2. The number of imidazole rings is 1. The zero-order valence-corrected chi connectivity index (χ0v) is 23.7. The lowest BCUT2D eigenvalue weighted by atomic mass is 9.71. The summed E-state index contributed by atoms with van der Waals surface area (Å²) in [5.41, 5.74) is 4.94. The van der Waals surface area contributed by atoms with Crippen LogP contribution in [-0.2, 0) is 15.0 Å². The van der Waals surface area contributed by atoms with E-state index in [2.05, 4.69) is 32.9 Å². The Hall–Kier alpha value is -3.47. The second kappa shape index (κ2) is 10.4. The number of hydrogen-bond donors (Lipinski definition) is 1. The van der Waals surface area contributed by atoms with Gasteiger partial charge in [-0.15, -0.1) is 0 Å². The lowest BCUT2D eigenvalue weighted by Crippen LogP contribution is -2.51. The SMILES string of the molecule is CCOC(=O)c1cn2c(-c3ccccc3)c(-c3ccc(C4(NC(=O)OC(C)(C)I)CCC4)cc3)nc2cn1. The number of rotatable bonds is 7. The van der Waals surface area contributed by atoms with Crippen molar-refractivity contribution in [1.29, 1.82) is 0 Å². The number of aromatic nitrogens is 3. The number of fused-ring (bicyclic) bond motifs is 1. The van der Waals surface area contributed by atoms with Gasteiger partial charge in [0, 0.05) is 17.3 Å². The van der Waals surface area contributed by atoms with Crippen LogP contribution in [0.2, 0.25) is 0 Å². The van der Waals surface area contributed by atoms with E-state index in [4.69, 9.17) is 14.5 Å². The first-order chi connectivity index (χ1) is 18.2. The van der Waals surface area contributed by atoms with Crippen molar-refractivity contribution in [3.05, 3.63) is 78.2 Å². The van der Waals surface area contributed by atoms with Crippen LogP contribution in [0.5, 0.6) is 0 Å². The second-order valence-corrected chi connectivity index (χ2v) is 12.4. The molecule has 2 heterocycles. The fourth-order valence-electron chi connectivity index (χ4n) is 4.74. The quantitative estimate of drug-likeness (QED) is 0.143. The average molecular weight is 624 g/mol. The Morgan fingerprint density at radius 1 is 1.08 bits per heavy atom. The molecule has 0 unspecified atom stereocenters. The smallest absolute Gasteiger partial charge is 0.409 e. The lowest BCUT2D eigenvalue weighted by molar-refractivity contribution is 0.0518. The molecule has 1 N–H and O–H groups in total. The van der Waals surface area contributed by atoms with Crippen molar-refractivity contribution < 1.29 is 19.1 Å². The zero-order valence-electron chi connectivity index (χ0n) is 21.5. The largest absolute Gasteiger partial charge is 0.461 e. The summed E-state index contributed by atoms with van der Waals surface area (Å²) in [6.07, 6.45) is 5.60. The van der Waals surface area contributed by atoms with Crippen molar-refractivity contribution in [3.63, 3.8) is 0 Å². The number of carbonyl (C=O) groups is 2. The number of halogens is 1. The monoisotopic (exact) mass is 624 g/mol. The molecule has 0 atom stereocenters. The third-order valence-electron chi connectivity index (χ3n) is 6.64. The van der Waals surface area contributed by atoms with Crippen molar-refractivity contribution in [1.82, 2.24) is 19.7 Å². The summed E-state index contributed by atoms with van der Waals surface area (Å²) in [5, 5.41) is 3.11. The number of benzene rings is 2. The second-order valence-electron chi connectivity index (χ2n) is 9.79. The summed E-state index contributed by atoms with van der Waals surface area (Å²) in [6, 6.07) is 18.1. The summed E-state index contributed by atoms with van der Waals surface area (Å²) in [4.78, 5) is 34.1. The van der Waals surface area contributed by atoms with Gasteiger partial charge in [-0.2, -0.15) is 0 Å². The Morgan fingerprint density at radius 3 is 2.39 bits per heavy atom. The van der Waals surface area contributed by atoms with Gasteiger partial charge in [0.2, 0.25) is 0 Å². The van der Waals surface area contributed by atoms with Gasteiger partial charge >= 0.3 is 12.1 Å². The highest BCUT2D eigenvalue weighted by molar-refractivity contribution is 14.1. The van der Waals surface area contributed by atoms with E-state index in [1.807, 2.05) is 72.8 Å². The molecule has 1 saturated carbocycles. The molecule has 9 heteroatoms. The summed E-state index contributed by atoms with van der Waals surface area (Å²) in [6.45, 7) is 5.73. The Morgan fingerprint density at radius 2 is 1.79 bits per heavy atom. The molecule has 8 nitrogen and oxygen atoms in total. The third kappa shape index (κ3) is 5.24. The van der Waals surface area contributed by atoms with Gasteiger partial charge in [-0.05, 0) is 68.2 Å². The molecule has 2 aromatic carbocycles. The van der Waals surface area contributed by atoms with Crippen LogP contribution in [0.3, 0.4) is 0 Å². The van der Waals surface area contributed by atoms with Crippen LogP contribution in [0.1, 0.15) is 56.1 Å². The first kappa shape index (κ1) is 26.1. The molecule has 0 spiro atoms. The number of alkyl carbamates (subject to hydrolysis) is 1. The van der Waals surface area contributed by atoms with Crippen molar-refractivity contribution in [2.75, 3.05) is 6.61 Å². The van der Waals surface area contributed by atoms with Crippen molar-refractivity contribution in [3.8, 4) is 22.5 Å². The lowest BCUT2D eigenvalue weighted by Gasteiger charge is -2.43. The van der Waals surface area contributed by atoms with E-state index in [1.54, 1.807) is 19.3 Å². The molecule has 0 saturated heterocycles. The van der Waals surface area contributed by atoms with E-state index < -0.39 is 21.2 Å². The average Bonchev–Trinajstić information content (AvgIpc) is 3.25. The minimum absolute atomic E-state index is 0.218. The van der Waals surface area contributed by atoms with E-state index in [-0.39, 0.29) is 12.3 Å². The van der Waals surface area contributed by atoms with Crippen LogP contribution in [0.4, 0.5) is 4.79 Å². The fraction of sp³-hybridized carbons (Fsp3) is 0.310. The number of hydrogen-bond acceptors (Lipinski definition) is 6. The fourth-order valence-corrected chi connectivity index (χ4v) is 4.94. The minimum Gasteiger partial charge on any atom is -0.461 e. The van der Waals surface area contributed by atoms with E-state index in [0.717, 1.165) is 47.3 Å². The van der Waals surface area contributed by atoms with Crippen LogP contribution in [-0.4, -0.2) is 36.6 Å². The van der Waals surface area contributed by atoms with Gasteiger partial charge in [-0.25, -0.2) is 19.6 Å². The highest BCUT2D eigenvalue weighted by atomic mass is 127. The van der Waals surface area contributed by atoms with Crippen molar-refractivity contribution >= 4 is 40.3 Å². The highest BCUT2D eigenvalue weighted by Gasteiger charge is 2.41. The van der Waals surface area contributed by atoms with E-state index in [9.17, 15) is 9.59 Å². The maximum absolute atomic E-state index is 12.6. The van der Waals surface area contributed by atoms with E-state index in [1.165, 1.54) is 0 Å². The molecule has 0 aliphatic heterocycles. The van der Waals surface area contributed by atoms with Crippen LogP contribution >= 0.6 is 22.6 Å². The van der Waals surface area contributed by atoms with E-state index >= 15 is 0 Å². The van der Waals surface area contributed by atoms with Gasteiger partial charge in [-0.3, -0.25) is 4.40 Å². The van der Waals surface area contributed by atoms with Gasteiger partial charge in [0.15, 0.2) is 14.9 Å². The summed E-state index contributed by atoms with van der Waals surface area (Å²) in [7, 11) is 0. The molecule has 196 valence electrons.